The minimum Gasteiger partial charge on any atom is -0.396 e. The number of aliphatic hydroxyl groups is 1. The second-order valence-electron chi connectivity index (χ2n) is 4.16. The molecule has 1 amide bonds. The molecule has 1 rings (SSSR count). The first kappa shape index (κ1) is 13.6. The fourth-order valence-electron chi connectivity index (χ4n) is 1.32. The van der Waals surface area contributed by atoms with Crippen molar-refractivity contribution in [2.24, 2.45) is 11.7 Å². The SMILES string of the molecule is CC(CO)C(C)NC(=O)c1ccnc(CN)c1. The Morgan fingerprint density at radius 2 is 2.29 bits per heavy atom. The summed E-state index contributed by atoms with van der Waals surface area (Å²) >= 11 is 0. The summed E-state index contributed by atoms with van der Waals surface area (Å²) in [5, 5.41) is 11.8. The first-order chi connectivity index (χ1) is 8.08. The smallest absolute Gasteiger partial charge is 0.251 e. The van der Waals surface area contributed by atoms with Crippen LogP contribution >= 0.6 is 0 Å². The molecule has 17 heavy (non-hydrogen) atoms. The van der Waals surface area contributed by atoms with E-state index in [0.29, 0.717) is 17.8 Å². The van der Waals surface area contributed by atoms with Gasteiger partial charge in [0.05, 0.1) is 5.69 Å². The van der Waals surface area contributed by atoms with E-state index in [1.54, 1.807) is 18.3 Å². The predicted octanol–water partition coefficient (Wildman–Crippen LogP) is 0.287. The molecule has 4 N–H and O–H groups in total. The van der Waals surface area contributed by atoms with Crippen LogP contribution in [-0.2, 0) is 6.54 Å². The van der Waals surface area contributed by atoms with E-state index >= 15 is 0 Å². The van der Waals surface area contributed by atoms with Crippen LogP contribution in [0.1, 0.15) is 29.9 Å². The van der Waals surface area contributed by atoms with Gasteiger partial charge in [0, 0.05) is 31.0 Å². The van der Waals surface area contributed by atoms with E-state index < -0.39 is 0 Å². The Hall–Kier alpha value is -1.46. The van der Waals surface area contributed by atoms with Gasteiger partial charge in [-0.25, -0.2) is 0 Å². The van der Waals surface area contributed by atoms with Crippen LogP contribution in [0.5, 0.6) is 0 Å². The number of nitrogens with two attached hydrogens (primary N) is 1. The molecule has 0 radical (unpaired) electrons. The lowest BCUT2D eigenvalue weighted by Gasteiger charge is -2.19. The third kappa shape index (κ3) is 3.80. The largest absolute Gasteiger partial charge is 0.396 e. The zero-order chi connectivity index (χ0) is 12.8. The van der Waals surface area contributed by atoms with Gasteiger partial charge in [0.25, 0.3) is 5.91 Å². The molecule has 1 heterocycles. The molecule has 0 saturated carbocycles. The average Bonchev–Trinajstić information content (AvgIpc) is 2.37. The molecular formula is C12H19N3O2. The molecule has 1 aromatic heterocycles. The zero-order valence-corrected chi connectivity index (χ0v) is 10.2. The van der Waals surface area contributed by atoms with Crippen molar-refractivity contribution in [2.45, 2.75) is 26.4 Å². The molecular weight excluding hydrogens is 218 g/mol. The van der Waals surface area contributed by atoms with Gasteiger partial charge >= 0.3 is 0 Å². The molecule has 0 bridgehead atoms. The van der Waals surface area contributed by atoms with Crippen LogP contribution in [0.15, 0.2) is 18.3 Å². The van der Waals surface area contributed by atoms with Crippen molar-refractivity contribution < 1.29 is 9.90 Å². The maximum Gasteiger partial charge on any atom is 0.251 e. The summed E-state index contributed by atoms with van der Waals surface area (Å²) in [5.74, 6) is -0.148. The summed E-state index contributed by atoms with van der Waals surface area (Å²) in [6.45, 7) is 4.10. The number of aromatic nitrogens is 1. The lowest BCUT2D eigenvalue weighted by molar-refractivity contribution is 0.0916. The average molecular weight is 237 g/mol. The van der Waals surface area contributed by atoms with E-state index in [0.717, 1.165) is 0 Å². The number of hydrogen-bond donors (Lipinski definition) is 3. The summed E-state index contributed by atoms with van der Waals surface area (Å²) in [5.41, 5.74) is 6.68. The second kappa shape index (κ2) is 6.32. The summed E-state index contributed by atoms with van der Waals surface area (Å²) in [4.78, 5) is 15.9. The van der Waals surface area contributed by atoms with Crippen LogP contribution in [-0.4, -0.2) is 28.6 Å². The number of nitrogens with zero attached hydrogens (tertiary/aromatic N) is 1. The quantitative estimate of drug-likeness (QED) is 0.686. The van der Waals surface area contributed by atoms with Gasteiger partial charge in [-0.15, -0.1) is 0 Å². The predicted molar refractivity (Wildman–Crippen MR) is 65.3 cm³/mol. The van der Waals surface area contributed by atoms with Gasteiger partial charge in [-0.3, -0.25) is 9.78 Å². The summed E-state index contributed by atoms with van der Waals surface area (Å²) < 4.78 is 0. The van der Waals surface area contributed by atoms with Gasteiger partial charge < -0.3 is 16.2 Å². The molecule has 0 saturated heterocycles. The maximum atomic E-state index is 11.9. The van der Waals surface area contributed by atoms with E-state index in [-0.39, 0.29) is 24.5 Å². The molecule has 0 aliphatic carbocycles. The molecule has 5 nitrogen and oxygen atoms in total. The Morgan fingerprint density at radius 1 is 1.59 bits per heavy atom. The van der Waals surface area contributed by atoms with Gasteiger partial charge in [0.2, 0.25) is 0 Å². The molecule has 0 spiro atoms. The molecule has 2 unspecified atom stereocenters. The number of amides is 1. The minimum atomic E-state index is -0.171. The molecule has 2 atom stereocenters. The number of rotatable bonds is 5. The van der Waals surface area contributed by atoms with E-state index in [4.69, 9.17) is 10.8 Å². The van der Waals surface area contributed by atoms with E-state index in [1.165, 1.54) is 0 Å². The topological polar surface area (TPSA) is 88.2 Å². The van der Waals surface area contributed by atoms with Crippen LogP contribution in [0, 0.1) is 5.92 Å². The molecule has 5 heteroatoms. The molecule has 0 aromatic carbocycles. The van der Waals surface area contributed by atoms with Gasteiger partial charge in [0.15, 0.2) is 0 Å². The van der Waals surface area contributed by atoms with Crippen molar-refractivity contribution in [1.82, 2.24) is 10.3 Å². The van der Waals surface area contributed by atoms with E-state index in [2.05, 4.69) is 10.3 Å². The van der Waals surface area contributed by atoms with Crippen molar-refractivity contribution >= 4 is 5.91 Å². The highest BCUT2D eigenvalue weighted by molar-refractivity contribution is 5.94. The van der Waals surface area contributed by atoms with Gasteiger partial charge in [-0.1, -0.05) is 6.92 Å². The van der Waals surface area contributed by atoms with Crippen LogP contribution < -0.4 is 11.1 Å². The van der Waals surface area contributed by atoms with Crippen LogP contribution in [0.25, 0.3) is 0 Å². The fraction of sp³-hybridized carbons (Fsp3) is 0.500. The Bertz CT molecular complexity index is 382. The highest BCUT2D eigenvalue weighted by atomic mass is 16.3. The van der Waals surface area contributed by atoms with Crippen LogP contribution in [0.3, 0.4) is 0 Å². The summed E-state index contributed by atoms with van der Waals surface area (Å²) in [6.07, 6.45) is 1.57. The third-order valence-electron chi connectivity index (χ3n) is 2.79. The summed E-state index contributed by atoms with van der Waals surface area (Å²) in [7, 11) is 0. The number of nitrogens with one attached hydrogen (secondary N) is 1. The third-order valence-corrected chi connectivity index (χ3v) is 2.79. The zero-order valence-electron chi connectivity index (χ0n) is 10.2. The van der Waals surface area contributed by atoms with Crippen molar-refractivity contribution in [3.8, 4) is 0 Å². The lowest BCUT2D eigenvalue weighted by Crippen LogP contribution is -2.38. The molecule has 0 fully saturated rings. The summed E-state index contributed by atoms with van der Waals surface area (Å²) in [6, 6.07) is 3.23. The first-order valence-corrected chi connectivity index (χ1v) is 5.65. The monoisotopic (exact) mass is 237 g/mol. The maximum absolute atomic E-state index is 11.9. The number of carbonyl (C=O) groups is 1. The molecule has 94 valence electrons. The van der Waals surface area contributed by atoms with E-state index in [9.17, 15) is 4.79 Å². The van der Waals surface area contributed by atoms with E-state index in [1.807, 2.05) is 13.8 Å². The molecule has 1 aromatic rings. The lowest BCUT2D eigenvalue weighted by atomic mass is 10.0. The second-order valence-corrected chi connectivity index (χ2v) is 4.16. The van der Waals surface area contributed by atoms with Crippen LogP contribution in [0.2, 0.25) is 0 Å². The Morgan fingerprint density at radius 3 is 2.88 bits per heavy atom. The normalized spacial score (nSPS) is 14.1. The van der Waals surface area contributed by atoms with Gasteiger partial charge in [-0.05, 0) is 25.0 Å². The van der Waals surface area contributed by atoms with Crippen LogP contribution in [0.4, 0.5) is 0 Å². The Kier molecular flexibility index (Phi) is 5.06. The van der Waals surface area contributed by atoms with Crippen molar-refractivity contribution in [3.63, 3.8) is 0 Å². The number of hydrogen-bond acceptors (Lipinski definition) is 4. The standard InChI is InChI=1S/C12H19N3O2/c1-8(7-16)9(2)15-12(17)10-3-4-14-11(5-10)6-13/h3-5,8-9,16H,6-7,13H2,1-2H3,(H,15,17). The minimum absolute atomic E-state index is 0.0229. The van der Waals surface area contributed by atoms with Crippen molar-refractivity contribution in [3.05, 3.63) is 29.6 Å². The highest BCUT2D eigenvalue weighted by Crippen LogP contribution is 2.05. The first-order valence-electron chi connectivity index (χ1n) is 5.65. The van der Waals surface area contributed by atoms with Gasteiger partial charge in [-0.2, -0.15) is 0 Å². The number of pyridine rings is 1. The highest BCUT2D eigenvalue weighted by Gasteiger charge is 2.15. The van der Waals surface area contributed by atoms with Crippen molar-refractivity contribution in [2.75, 3.05) is 6.61 Å². The Labute approximate surface area is 101 Å². The number of aliphatic hydroxyl groups excluding tert-OH is 1. The molecule has 0 aliphatic rings. The van der Waals surface area contributed by atoms with Crippen molar-refractivity contribution in [1.29, 1.82) is 0 Å². The Balaban J connectivity index is 2.69. The fourth-order valence-corrected chi connectivity index (χ4v) is 1.32. The number of carbonyl (C=O) groups excluding carboxylic acids is 1. The molecule has 0 aliphatic heterocycles. The van der Waals surface area contributed by atoms with Gasteiger partial charge in [0.1, 0.15) is 0 Å².